The number of ether oxygens (including phenoxy) is 1. The number of nitrogens with zero attached hydrogens (tertiary/aromatic N) is 3. The van der Waals surface area contributed by atoms with Crippen molar-refractivity contribution in [1.29, 1.82) is 0 Å². The average molecular weight is 566 g/mol. The Kier molecular flexibility index (Phi) is 8.79. The third-order valence-electron chi connectivity index (χ3n) is 10.2. The Bertz CT molecular complexity index is 1390. The second kappa shape index (κ2) is 12.7. The maximum Gasteiger partial charge on any atom is 0.228 e. The first kappa shape index (κ1) is 29.1. The minimum Gasteiger partial charge on any atom is -0.459 e. The Morgan fingerprint density at radius 1 is 0.738 bits per heavy atom. The summed E-state index contributed by atoms with van der Waals surface area (Å²) in [6.07, 6.45) is 19.4. The highest BCUT2D eigenvalue weighted by Gasteiger charge is 2.59. The highest BCUT2D eigenvalue weighted by atomic mass is 16.5. The van der Waals surface area contributed by atoms with Crippen LogP contribution in [-0.2, 0) is 5.41 Å². The second-order valence-electron chi connectivity index (χ2n) is 13.4. The number of piperidine rings is 1. The van der Waals surface area contributed by atoms with E-state index in [0.717, 1.165) is 31.1 Å². The molecule has 4 nitrogen and oxygen atoms in total. The van der Waals surface area contributed by atoms with Gasteiger partial charge in [-0.25, -0.2) is 0 Å². The van der Waals surface area contributed by atoms with E-state index in [-0.39, 0.29) is 5.41 Å². The molecule has 1 fully saturated rings. The van der Waals surface area contributed by atoms with E-state index in [0.29, 0.717) is 0 Å². The van der Waals surface area contributed by atoms with Crippen molar-refractivity contribution in [1.82, 2.24) is 0 Å². The van der Waals surface area contributed by atoms with E-state index in [1.54, 1.807) is 0 Å². The molecule has 3 aliphatic heterocycles. The Labute approximate surface area is 254 Å². The summed E-state index contributed by atoms with van der Waals surface area (Å²) in [5.41, 5.74) is 4.02. The predicted octanol–water partition coefficient (Wildman–Crippen LogP) is 10.3. The molecule has 0 radical (unpaired) electrons. The van der Waals surface area contributed by atoms with Gasteiger partial charge < -0.3 is 14.5 Å². The molecule has 1 saturated heterocycles. The van der Waals surface area contributed by atoms with Gasteiger partial charge in [-0.2, -0.15) is 0 Å². The van der Waals surface area contributed by atoms with Gasteiger partial charge in [-0.1, -0.05) is 107 Å². The van der Waals surface area contributed by atoms with E-state index in [2.05, 4.69) is 91.4 Å². The number of hydrogen-bond acceptors (Lipinski definition) is 4. The third-order valence-corrected chi connectivity index (χ3v) is 10.2. The molecule has 42 heavy (non-hydrogen) atoms. The van der Waals surface area contributed by atoms with Crippen molar-refractivity contribution in [2.24, 2.45) is 4.99 Å². The number of anilines is 2. The number of rotatable bonds is 12. The van der Waals surface area contributed by atoms with E-state index in [1.807, 2.05) is 0 Å². The summed E-state index contributed by atoms with van der Waals surface area (Å²) in [5, 5.41) is 2.47. The molecule has 0 aliphatic carbocycles. The van der Waals surface area contributed by atoms with Crippen LogP contribution in [0.15, 0.2) is 59.6 Å². The molecule has 0 aromatic heterocycles. The van der Waals surface area contributed by atoms with Crippen LogP contribution in [-0.4, -0.2) is 31.6 Å². The van der Waals surface area contributed by atoms with Crippen LogP contribution in [0.1, 0.15) is 110 Å². The van der Waals surface area contributed by atoms with Gasteiger partial charge in [0.25, 0.3) is 0 Å². The molecule has 0 bridgehead atoms. The zero-order valence-corrected chi connectivity index (χ0v) is 26.3. The van der Waals surface area contributed by atoms with Crippen molar-refractivity contribution in [2.45, 2.75) is 115 Å². The molecule has 1 spiro atoms. The van der Waals surface area contributed by atoms with Gasteiger partial charge in [-0.3, -0.25) is 4.99 Å². The maximum atomic E-state index is 7.32. The van der Waals surface area contributed by atoms with Crippen LogP contribution >= 0.6 is 0 Å². The van der Waals surface area contributed by atoms with Gasteiger partial charge in [0.05, 0.1) is 11.6 Å². The number of unbranched alkanes of at least 4 members (excludes halogenated alkanes) is 9. The highest BCUT2D eigenvalue weighted by molar-refractivity contribution is 6.06. The SMILES string of the molecule is CCCCCCCCCCCCN1c2ccccc2C(C)(C)C12C=Nc1c(cc(N3CCCCC3)c3ccccc13)O2. The Hall–Kier alpha value is -3.01. The normalized spacial score (nSPS) is 20.6. The Morgan fingerprint density at radius 3 is 2.12 bits per heavy atom. The monoisotopic (exact) mass is 565 g/mol. The summed E-state index contributed by atoms with van der Waals surface area (Å²) in [6, 6.07) is 20.0. The first-order valence-electron chi connectivity index (χ1n) is 17.0. The molecule has 4 heteroatoms. The molecule has 3 aliphatic rings. The van der Waals surface area contributed by atoms with Crippen molar-refractivity contribution < 1.29 is 4.74 Å². The minimum absolute atomic E-state index is 0.250. The lowest BCUT2D eigenvalue weighted by Gasteiger charge is -2.46. The van der Waals surface area contributed by atoms with Gasteiger partial charge in [-0.15, -0.1) is 0 Å². The molecule has 1 atom stereocenters. The van der Waals surface area contributed by atoms with E-state index in [4.69, 9.17) is 9.73 Å². The topological polar surface area (TPSA) is 28.1 Å². The third kappa shape index (κ3) is 5.31. The van der Waals surface area contributed by atoms with Gasteiger partial charge in [0.15, 0.2) is 5.75 Å². The Morgan fingerprint density at radius 2 is 1.38 bits per heavy atom. The summed E-state index contributed by atoms with van der Waals surface area (Å²) in [4.78, 5) is 10.4. The molecule has 6 rings (SSSR count). The molecule has 0 saturated carbocycles. The van der Waals surface area contributed by atoms with Gasteiger partial charge in [-0.05, 0) is 51.2 Å². The summed E-state index contributed by atoms with van der Waals surface area (Å²) >= 11 is 0. The van der Waals surface area contributed by atoms with Crippen LogP contribution in [0.3, 0.4) is 0 Å². The fraction of sp³-hybridized carbons (Fsp3) is 0.553. The number of benzene rings is 3. The molecule has 0 amide bonds. The van der Waals surface area contributed by atoms with Crippen molar-refractivity contribution in [3.8, 4) is 5.75 Å². The molecular formula is C38H51N3O. The predicted molar refractivity (Wildman–Crippen MR) is 180 cm³/mol. The van der Waals surface area contributed by atoms with Gasteiger partial charge >= 0.3 is 0 Å². The van der Waals surface area contributed by atoms with Crippen LogP contribution in [0.4, 0.5) is 17.1 Å². The first-order chi connectivity index (χ1) is 20.6. The van der Waals surface area contributed by atoms with Gasteiger partial charge in [0.1, 0.15) is 5.69 Å². The average Bonchev–Trinajstić information content (AvgIpc) is 3.20. The molecule has 224 valence electrons. The largest absolute Gasteiger partial charge is 0.459 e. The number of fused-ring (bicyclic) bond motifs is 4. The molecule has 3 aromatic rings. The van der Waals surface area contributed by atoms with Gasteiger partial charge in [0, 0.05) is 47.8 Å². The summed E-state index contributed by atoms with van der Waals surface area (Å²) in [6.45, 7) is 10.2. The van der Waals surface area contributed by atoms with E-state index in [1.165, 1.54) is 111 Å². The van der Waals surface area contributed by atoms with Crippen LogP contribution in [0.2, 0.25) is 0 Å². The Balaban J connectivity index is 1.25. The highest BCUT2D eigenvalue weighted by Crippen LogP contribution is 2.55. The zero-order valence-electron chi connectivity index (χ0n) is 26.3. The van der Waals surface area contributed by atoms with Crippen LogP contribution in [0, 0.1) is 0 Å². The molecule has 1 unspecified atom stereocenters. The summed E-state index contributed by atoms with van der Waals surface area (Å²) in [7, 11) is 0. The fourth-order valence-electron chi connectivity index (χ4n) is 7.67. The second-order valence-corrected chi connectivity index (χ2v) is 13.4. The smallest absolute Gasteiger partial charge is 0.228 e. The maximum absolute atomic E-state index is 7.32. The van der Waals surface area contributed by atoms with Crippen LogP contribution in [0.25, 0.3) is 10.8 Å². The van der Waals surface area contributed by atoms with E-state index < -0.39 is 5.72 Å². The number of hydrogen-bond donors (Lipinski definition) is 0. The number of aliphatic imine (C=N–C) groups is 1. The lowest BCUT2D eigenvalue weighted by Crippen LogP contribution is -2.62. The van der Waals surface area contributed by atoms with Crippen LogP contribution < -0.4 is 14.5 Å². The van der Waals surface area contributed by atoms with Crippen molar-refractivity contribution >= 4 is 34.0 Å². The van der Waals surface area contributed by atoms with Crippen molar-refractivity contribution in [2.75, 3.05) is 29.4 Å². The van der Waals surface area contributed by atoms with Crippen LogP contribution in [0.5, 0.6) is 5.75 Å². The van der Waals surface area contributed by atoms with E-state index in [9.17, 15) is 0 Å². The molecular weight excluding hydrogens is 514 g/mol. The molecule has 3 heterocycles. The zero-order chi connectivity index (χ0) is 29.0. The van der Waals surface area contributed by atoms with E-state index >= 15 is 0 Å². The minimum atomic E-state index is -0.648. The quantitative estimate of drug-likeness (QED) is 0.205. The fourth-order valence-corrected chi connectivity index (χ4v) is 7.67. The number of para-hydroxylation sites is 1. The van der Waals surface area contributed by atoms with Gasteiger partial charge in [0.2, 0.25) is 5.72 Å². The standard InChI is InChI=1S/C38H51N3O/c1-4-5-6-7-8-9-10-11-12-20-27-41-33-24-17-16-23-32(33)37(2,3)38(41)29-39-36-31-22-15-14-21-30(31)34(28-35(36)42-38)40-25-18-13-19-26-40/h14-17,21-24,28-29H,4-13,18-20,25-27H2,1-3H3. The van der Waals surface area contributed by atoms with Crippen molar-refractivity contribution in [3.63, 3.8) is 0 Å². The lowest BCUT2D eigenvalue weighted by atomic mass is 9.77. The van der Waals surface area contributed by atoms with Crippen molar-refractivity contribution in [3.05, 3.63) is 60.2 Å². The molecule has 3 aromatic carbocycles. The summed E-state index contributed by atoms with van der Waals surface area (Å²) in [5.74, 6) is 0.922. The first-order valence-corrected chi connectivity index (χ1v) is 17.0. The lowest BCUT2D eigenvalue weighted by molar-refractivity contribution is 0.0775. The molecule has 0 N–H and O–H groups in total. The summed E-state index contributed by atoms with van der Waals surface area (Å²) < 4.78 is 7.32.